The van der Waals surface area contributed by atoms with Crippen molar-refractivity contribution in [2.24, 2.45) is 0 Å². The summed E-state index contributed by atoms with van der Waals surface area (Å²) in [4.78, 5) is 15.7. The van der Waals surface area contributed by atoms with Crippen LogP contribution in [0, 0.1) is 6.92 Å². The Morgan fingerprint density at radius 3 is 2.75 bits per heavy atom. The lowest BCUT2D eigenvalue weighted by atomic mass is 10.2. The molecule has 0 radical (unpaired) electrons. The quantitative estimate of drug-likeness (QED) is 0.878. The molecule has 2 rings (SSSR count). The van der Waals surface area contributed by atoms with Crippen molar-refractivity contribution in [2.45, 2.75) is 19.6 Å². The molecule has 2 aromatic rings. The smallest absolute Gasteiger partial charge is 0.335 e. The molecule has 0 aliphatic rings. The summed E-state index contributed by atoms with van der Waals surface area (Å²) in [5, 5.41) is 0.967. The number of carbonyl (C=O) groups excluding carboxylic acids is 1. The van der Waals surface area contributed by atoms with Gasteiger partial charge >= 0.3 is 6.18 Å². The van der Waals surface area contributed by atoms with Crippen LogP contribution in [-0.2, 0) is 16.2 Å². The number of para-hydroxylation sites is 1. The number of benzene rings is 1. The highest BCUT2D eigenvalue weighted by Gasteiger charge is 2.28. The molecule has 108 valence electrons. The van der Waals surface area contributed by atoms with Crippen LogP contribution in [-0.4, -0.2) is 23.3 Å². The minimum Gasteiger partial charge on any atom is -0.335 e. The minimum atomic E-state index is -4.47. The molecule has 1 heterocycles. The second-order valence-corrected chi connectivity index (χ2v) is 4.36. The van der Waals surface area contributed by atoms with Crippen molar-refractivity contribution >= 4 is 16.8 Å². The van der Waals surface area contributed by atoms with E-state index < -0.39 is 18.7 Å². The third kappa shape index (κ3) is 3.51. The molecule has 0 unspecified atom stereocenters. The van der Waals surface area contributed by atoms with Crippen LogP contribution in [0.15, 0.2) is 30.3 Å². The van der Waals surface area contributed by atoms with Gasteiger partial charge in [0, 0.05) is 11.2 Å². The Balaban J connectivity index is 2.01. The number of halogens is 3. The molecule has 1 aromatic heterocycles. The molecular formula is C13H13F3N2O2. The first-order chi connectivity index (χ1) is 9.37. The van der Waals surface area contributed by atoms with E-state index in [2.05, 4.69) is 4.84 Å². The van der Waals surface area contributed by atoms with Gasteiger partial charge in [0.15, 0.2) is 6.61 Å². The largest absolute Gasteiger partial charge is 0.414 e. The van der Waals surface area contributed by atoms with Gasteiger partial charge < -0.3 is 4.57 Å². The fourth-order valence-corrected chi connectivity index (χ4v) is 1.93. The summed E-state index contributed by atoms with van der Waals surface area (Å²) >= 11 is 0. The van der Waals surface area contributed by atoms with E-state index in [4.69, 9.17) is 0 Å². The Morgan fingerprint density at radius 1 is 1.35 bits per heavy atom. The molecule has 0 spiro atoms. The summed E-state index contributed by atoms with van der Waals surface area (Å²) in [6.45, 7) is 0.213. The summed E-state index contributed by atoms with van der Waals surface area (Å²) in [5.41, 5.74) is 3.48. The molecule has 0 atom stereocenters. The number of rotatable bonds is 4. The molecule has 4 nitrogen and oxygen atoms in total. The Morgan fingerprint density at radius 2 is 2.05 bits per heavy atom. The number of aromatic nitrogens is 1. The van der Waals surface area contributed by atoms with Crippen molar-refractivity contribution < 1.29 is 22.8 Å². The average Bonchev–Trinajstić information content (AvgIpc) is 2.64. The Labute approximate surface area is 113 Å². The number of hydrogen-bond donors (Lipinski definition) is 1. The summed E-state index contributed by atoms with van der Waals surface area (Å²) in [6, 6.07) is 9.34. The Bertz CT molecular complexity index is 620. The first-order valence-corrected chi connectivity index (χ1v) is 5.89. The molecular weight excluding hydrogens is 273 g/mol. The zero-order valence-corrected chi connectivity index (χ0v) is 10.7. The van der Waals surface area contributed by atoms with Crippen LogP contribution in [0.4, 0.5) is 13.2 Å². The third-order valence-electron chi connectivity index (χ3n) is 2.74. The van der Waals surface area contributed by atoms with Crippen molar-refractivity contribution in [1.82, 2.24) is 10.0 Å². The van der Waals surface area contributed by atoms with Gasteiger partial charge in [0.05, 0.1) is 0 Å². The van der Waals surface area contributed by atoms with Crippen LogP contribution in [0.25, 0.3) is 10.9 Å². The zero-order valence-electron chi connectivity index (χ0n) is 10.7. The lowest BCUT2D eigenvalue weighted by Crippen LogP contribution is -2.32. The molecule has 1 N–H and O–H groups in total. The number of carbonyl (C=O) groups is 1. The summed E-state index contributed by atoms with van der Waals surface area (Å²) in [7, 11) is 0. The van der Waals surface area contributed by atoms with Crippen LogP contribution in [0.5, 0.6) is 0 Å². The number of fused-ring (bicyclic) bond motifs is 1. The second-order valence-electron chi connectivity index (χ2n) is 4.36. The van der Waals surface area contributed by atoms with Gasteiger partial charge in [-0.15, -0.1) is 0 Å². The van der Waals surface area contributed by atoms with E-state index in [1.54, 1.807) is 10.0 Å². The lowest BCUT2D eigenvalue weighted by molar-refractivity contribution is -0.191. The molecule has 0 fully saturated rings. The van der Waals surface area contributed by atoms with E-state index in [0.717, 1.165) is 16.6 Å². The second kappa shape index (κ2) is 5.54. The van der Waals surface area contributed by atoms with Gasteiger partial charge in [-0.3, -0.25) is 9.63 Å². The molecule has 1 amide bonds. The predicted octanol–water partition coefficient (Wildman–Crippen LogP) is 2.56. The maximum atomic E-state index is 11.9. The standard InChI is InChI=1S/C13H13F3N2O2/c1-9-6-10-4-2-3-5-11(10)18(9)7-12(19)17-20-8-13(14,15)16/h2-6H,7-8H2,1H3,(H,17,19). The number of nitrogens with one attached hydrogen (secondary N) is 1. The number of hydrogen-bond acceptors (Lipinski definition) is 2. The number of aryl methyl sites for hydroxylation is 1. The van der Waals surface area contributed by atoms with Crippen molar-refractivity contribution in [3.63, 3.8) is 0 Å². The molecule has 0 saturated carbocycles. The van der Waals surface area contributed by atoms with Crippen LogP contribution in [0.1, 0.15) is 5.69 Å². The first kappa shape index (κ1) is 14.4. The minimum absolute atomic E-state index is 0.1000. The third-order valence-corrected chi connectivity index (χ3v) is 2.74. The zero-order chi connectivity index (χ0) is 14.8. The molecule has 0 bridgehead atoms. The molecule has 7 heteroatoms. The maximum Gasteiger partial charge on any atom is 0.414 e. The van der Waals surface area contributed by atoms with E-state index in [0.29, 0.717) is 0 Å². The van der Waals surface area contributed by atoms with Gasteiger partial charge in [-0.1, -0.05) is 18.2 Å². The highest BCUT2D eigenvalue weighted by Crippen LogP contribution is 2.19. The van der Waals surface area contributed by atoms with Crippen molar-refractivity contribution in [3.8, 4) is 0 Å². The van der Waals surface area contributed by atoms with Crippen molar-refractivity contribution in [2.75, 3.05) is 6.61 Å². The first-order valence-electron chi connectivity index (χ1n) is 5.89. The van der Waals surface area contributed by atoms with Crippen LogP contribution in [0.3, 0.4) is 0 Å². The van der Waals surface area contributed by atoms with E-state index in [1.165, 1.54) is 0 Å². The van der Waals surface area contributed by atoms with Crippen molar-refractivity contribution in [1.29, 1.82) is 0 Å². The monoisotopic (exact) mass is 286 g/mol. The molecule has 20 heavy (non-hydrogen) atoms. The highest BCUT2D eigenvalue weighted by atomic mass is 19.4. The highest BCUT2D eigenvalue weighted by molar-refractivity contribution is 5.84. The normalized spacial score (nSPS) is 11.8. The molecule has 1 aromatic carbocycles. The van der Waals surface area contributed by atoms with Gasteiger partial charge in [0.25, 0.3) is 5.91 Å². The van der Waals surface area contributed by atoms with Gasteiger partial charge in [-0.05, 0) is 24.4 Å². The van der Waals surface area contributed by atoms with Gasteiger partial charge in [0.2, 0.25) is 0 Å². The Kier molecular flexibility index (Phi) is 3.99. The van der Waals surface area contributed by atoms with Crippen LogP contribution >= 0.6 is 0 Å². The van der Waals surface area contributed by atoms with Gasteiger partial charge in [-0.2, -0.15) is 13.2 Å². The van der Waals surface area contributed by atoms with Gasteiger partial charge in [0.1, 0.15) is 6.54 Å². The molecule has 0 saturated heterocycles. The number of alkyl halides is 3. The van der Waals surface area contributed by atoms with E-state index >= 15 is 0 Å². The van der Waals surface area contributed by atoms with Crippen LogP contribution in [0.2, 0.25) is 0 Å². The summed E-state index contributed by atoms with van der Waals surface area (Å²) in [6.07, 6.45) is -4.47. The number of amides is 1. The van der Waals surface area contributed by atoms with Crippen LogP contribution < -0.4 is 5.48 Å². The topological polar surface area (TPSA) is 43.3 Å². The van der Waals surface area contributed by atoms with E-state index in [-0.39, 0.29) is 6.54 Å². The summed E-state index contributed by atoms with van der Waals surface area (Å²) in [5.74, 6) is -0.640. The maximum absolute atomic E-state index is 11.9. The molecule has 0 aliphatic heterocycles. The fraction of sp³-hybridized carbons (Fsp3) is 0.308. The Hall–Kier alpha value is -2.02. The summed E-state index contributed by atoms with van der Waals surface area (Å²) < 4.78 is 37.3. The average molecular weight is 286 g/mol. The number of hydroxylamine groups is 1. The lowest BCUT2D eigenvalue weighted by Gasteiger charge is -2.10. The van der Waals surface area contributed by atoms with Crippen molar-refractivity contribution in [3.05, 3.63) is 36.0 Å². The fourth-order valence-electron chi connectivity index (χ4n) is 1.93. The SMILES string of the molecule is Cc1cc2ccccc2n1CC(=O)NOCC(F)(F)F. The van der Waals surface area contributed by atoms with Gasteiger partial charge in [-0.25, -0.2) is 5.48 Å². The molecule has 0 aliphatic carbocycles. The van der Waals surface area contributed by atoms with E-state index in [1.807, 2.05) is 37.3 Å². The number of nitrogens with zero attached hydrogens (tertiary/aromatic N) is 1. The predicted molar refractivity (Wildman–Crippen MR) is 66.8 cm³/mol. The van der Waals surface area contributed by atoms with E-state index in [9.17, 15) is 18.0 Å².